The zero-order valence-electron chi connectivity index (χ0n) is 15.8. The van der Waals surface area contributed by atoms with E-state index < -0.39 is 0 Å². The van der Waals surface area contributed by atoms with Gasteiger partial charge in [-0.05, 0) is 30.7 Å². The zero-order valence-corrected chi connectivity index (χ0v) is 15.8. The lowest BCUT2D eigenvalue weighted by atomic mass is 10.0. The number of methoxy groups -OCH3 is 1. The number of hydrogen-bond donors (Lipinski definition) is 2. The Labute approximate surface area is 159 Å². The molecule has 27 heavy (non-hydrogen) atoms. The fourth-order valence-corrected chi connectivity index (χ4v) is 3.13. The third kappa shape index (κ3) is 4.92. The van der Waals surface area contributed by atoms with Crippen LogP contribution in [0.4, 0.5) is 0 Å². The van der Waals surface area contributed by atoms with Crippen molar-refractivity contribution in [2.45, 2.75) is 25.9 Å². The highest BCUT2D eigenvalue weighted by Crippen LogP contribution is 2.32. The molecule has 144 valence electrons. The van der Waals surface area contributed by atoms with Crippen molar-refractivity contribution >= 4 is 5.91 Å². The predicted molar refractivity (Wildman–Crippen MR) is 103 cm³/mol. The fraction of sp³-hybridized carbons (Fsp3) is 0.381. The summed E-state index contributed by atoms with van der Waals surface area (Å²) in [5.74, 6) is 1.98. The van der Waals surface area contributed by atoms with Gasteiger partial charge in [-0.3, -0.25) is 4.79 Å². The maximum absolute atomic E-state index is 11.6. The van der Waals surface area contributed by atoms with E-state index in [2.05, 4.69) is 16.7 Å². The van der Waals surface area contributed by atoms with Crippen molar-refractivity contribution < 1.29 is 19.0 Å². The molecule has 0 spiro atoms. The number of ether oxygens (including phenoxy) is 3. The van der Waals surface area contributed by atoms with Crippen molar-refractivity contribution in [3.05, 3.63) is 53.6 Å². The van der Waals surface area contributed by atoms with Gasteiger partial charge >= 0.3 is 0 Å². The first-order valence-electron chi connectivity index (χ1n) is 9.22. The minimum absolute atomic E-state index is 0.0271. The second-order valence-electron chi connectivity index (χ2n) is 6.34. The van der Waals surface area contributed by atoms with Crippen molar-refractivity contribution in [3.8, 4) is 17.2 Å². The molecule has 3 rings (SSSR count). The average Bonchev–Trinajstić information content (AvgIpc) is 2.71. The van der Waals surface area contributed by atoms with E-state index in [0.29, 0.717) is 31.2 Å². The smallest absolute Gasteiger partial charge is 0.257 e. The summed E-state index contributed by atoms with van der Waals surface area (Å²) in [5, 5.41) is 6.30. The van der Waals surface area contributed by atoms with E-state index in [1.165, 1.54) is 5.56 Å². The van der Waals surface area contributed by atoms with E-state index in [0.717, 1.165) is 17.7 Å². The van der Waals surface area contributed by atoms with Gasteiger partial charge in [0.25, 0.3) is 5.91 Å². The van der Waals surface area contributed by atoms with Crippen molar-refractivity contribution in [2.24, 2.45) is 0 Å². The number of carbonyl (C=O) groups is 1. The molecule has 0 radical (unpaired) electrons. The fourth-order valence-electron chi connectivity index (χ4n) is 3.13. The maximum atomic E-state index is 11.6. The molecule has 0 bridgehead atoms. The Morgan fingerprint density at radius 3 is 2.89 bits per heavy atom. The van der Waals surface area contributed by atoms with Gasteiger partial charge in [0.1, 0.15) is 5.75 Å². The molecular formula is C21H26N2O4. The van der Waals surface area contributed by atoms with E-state index >= 15 is 0 Å². The first-order chi connectivity index (χ1) is 13.2. The molecule has 0 fully saturated rings. The Morgan fingerprint density at radius 2 is 2.07 bits per heavy atom. The van der Waals surface area contributed by atoms with Crippen LogP contribution in [0.1, 0.15) is 30.5 Å². The van der Waals surface area contributed by atoms with Crippen LogP contribution in [0.5, 0.6) is 17.2 Å². The lowest BCUT2D eigenvalue weighted by molar-refractivity contribution is -0.123. The number of rotatable bonds is 8. The zero-order chi connectivity index (χ0) is 19.1. The SMILES string of the molecule is CCNC(=O)COc1ccc(CN[C@@H]2CCOc3ccccc32)cc1OC. The lowest BCUT2D eigenvalue weighted by Crippen LogP contribution is -2.28. The average molecular weight is 370 g/mol. The Morgan fingerprint density at radius 1 is 1.22 bits per heavy atom. The number of likely N-dealkylation sites (N-methyl/N-ethyl adjacent to an activating group) is 1. The standard InChI is InChI=1S/C21H26N2O4/c1-3-22-21(24)14-27-19-9-8-15(12-20(19)25-2)13-23-17-10-11-26-18-7-5-4-6-16(17)18/h4-9,12,17,23H,3,10-11,13-14H2,1-2H3,(H,22,24)/t17-/m1/s1. The number of nitrogens with one attached hydrogen (secondary N) is 2. The molecule has 1 amide bonds. The molecule has 0 saturated carbocycles. The van der Waals surface area contributed by atoms with Crippen LogP contribution in [0, 0.1) is 0 Å². The summed E-state index contributed by atoms with van der Waals surface area (Å²) >= 11 is 0. The summed E-state index contributed by atoms with van der Waals surface area (Å²) in [6, 6.07) is 14.1. The van der Waals surface area contributed by atoms with Crippen LogP contribution in [-0.2, 0) is 11.3 Å². The monoisotopic (exact) mass is 370 g/mol. The van der Waals surface area contributed by atoms with Crippen LogP contribution in [-0.4, -0.2) is 32.8 Å². The molecule has 6 heteroatoms. The summed E-state index contributed by atoms with van der Waals surface area (Å²) < 4.78 is 16.7. The molecule has 0 aliphatic carbocycles. The van der Waals surface area contributed by atoms with Crippen LogP contribution in [0.15, 0.2) is 42.5 Å². The second-order valence-corrected chi connectivity index (χ2v) is 6.34. The van der Waals surface area contributed by atoms with Crippen molar-refractivity contribution in [1.29, 1.82) is 0 Å². The van der Waals surface area contributed by atoms with Gasteiger partial charge in [-0.15, -0.1) is 0 Å². The van der Waals surface area contributed by atoms with Crippen molar-refractivity contribution in [2.75, 3.05) is 26.9 Å². The highest BCUT2D eigenvalue weighted by atomic mass is 16.5. The van der Waals surface area contributed by atoms with E-state index in [1.54, 1.807) is 7.11 Å². The van der Waals surface area contributed by atoms with Crippen LogP contribution in [0.2, 0.25) is 0 Å². The molecule has 0 aromatic heterocycles. The molecule has 6 nitrogen and oxygen atoms in total. The van der Waals surface area contributed by atoms with Gasteiger partial charge in [-0.2, -0.15) is 0 Å². The quantitative estimate of drug-likeness (QED) is 0.748. The largest absolute Gasteiger partial charge is 0.493 e. The molecule has 0 saturated heterocycles. The second kappa shape index (κ2) is 9.28. The summed E-state index contributed by atoms with van der Waals surface area (Å²) in [6.45, 7) is 3.84. The minimum atomic E-state index is -0.150. The lowest BCUT2D eigenvalue weighted by Gasteiger charge is -2.27. The van der Waals surface area contributed by atoms with Crippen molar-refractivity contribution in [3.63, 3.8) is 0 Å². The van der Waals surface area contributed by atoms with Crippen LogP contribution >= 0.6 is 0 Å². The van der Waals surface area contributed by atoms with Crippen molar-refractivity contribution in [1.82, 2.24) is 10.6 Å². The van der Waals surface area contributed by atoms with Gasteiger partial charge in [0.15, 0.2) is 18.1 Å². The van der Waals surface area contributed by atoms with Gasteiger partial charge in [0, 0.05) is 31.1 Å². The van der Waals surface area contributed by atoms with Gasteiger partial charge in [0.2, 0.25) is 0 Å². The summed E-state index contributed by atoms with van der Waals surface area (Å²) in [7, 11) is 1.60. The topological polar surface area (TPSA) is 68.8 Å². The number of hydrogen-bond acceptors (Lipinski definition) is 5. The van der Waals surface area contributed by atoms with Crippen LogP contribution in [0.25, 0.3) is 0 Å². The van der Waals surface area contributed by atoms with Crippen LogP contribution < -0.4 is 24.8 Å². The Bertz CT molecular complexity index is 779. The highest BCUT2D eigenvalue weighted by molar-refractivity contribution is 5.77. The molecule has 2 aromatic rings. The third-order valence-electron chi connectivity index (χ3n) is 4.47. The first-order valence-corrected chi connectivity index (χ1v) is 9.22. The molecule has 1 aliphatic heterocycles. The van der Waals surface area contributed by atoms with Gasteiger partial charge in [-0.25, -0.2) is 0 Å². The van der Waals surface area contributed by atoms with E-state index in [9.17, 15) is 4.79 Å². The highest BCUT2D eigenvalue weighted by Gasteiger charge is 2.20. The molecule has 2 N–H and O–H groups in total. The van der Waals surface area contributed by atoms with E-state index in [4.69, 9.17) is 14.2 Å². The van der Waals surface area contributed by atoms with E-state index in [-0.39, 0.29) is 18.6 Å². The predicted octanol–water partition coefficient (Wildman–Crippen LogP) is 2.82. The number of para-hydroxylation sites is 1. The Hall–Kier alpha value is -2.73. The molecule has 0 unspecified atom stereocenters. The first kappa shape index (κ1) is 19.0. The minimum Gasteiger partial charge on any atom is -0.493 e. The Balaban J connectivity index is 1.62. The van der Waals surface area contributed by atoms with Gasteiger partial charge in [0.05, 0.1) is 13.7 Å². The molecule has 2 aromatic carbocycles. The summed E-state index contributed by atoms with van der Waals surface area (Å²) in [5.41, 5.74) is 2.28. The van der Waals surface area contributed by atoms with Gasteiger partial charge in [-0.1, -0.05) is 24.3 Å². The molecule has 1 atom stereocenters. The summed E-state index contributed by atoms with van der Waals surface area (Å²) in [4.78, 5) is 11.6. The third-order valence-corrected chi connectivity index (χ3v) is 4.47. The van der Waals surface area contributed by atoms with Gasteiger partial charge < -0.3 is 24.8 Å². The molecular weight excluding hydrogens is 344 g/mol. The number of fused-ring (bicyclic) bond motifs is 1. The number of carbonyl (C=O) groups excluding carboxylic acids is 1. The van der Waals surface area contributed by atoms with Crippen LogP contribution in [0.3, 0.4) is 0 Å². The van der Waals surface area contributed by atoms with E-state index in [1.807, 2.05) is 43.3 Å². The number of amides is 1. The summed E-state index contributed by atoms with van der Waals surface area (Å²) in [6.07, 6.45) is 0.932. The molecule has 1 aliphatic rings. The normalized spacial score (nSPS) is 15.4. The number of benzene rings is 2. The Kier molecular flexibility index (Phi) is 6.54. The molecule has 1 heterocycles. The maximum Gasteiger partial charge on any atom is 0.257 e.